The summed E-state index contributed by atoms with van der Waals surface area (Å²) < 4.78 is 26.2. The average molecular weight is 270 g/mol. The molecule has 0 unspecified atom stereocenters. The summed E-state index contributed by atoms with van der Waals surface area (Å²) >= 11 is 0. The number of anilines is 1. The lowest BCUT2D eigenvalue weighted by Gasteiger charge is -2.45. The normalized spacial score (nSPS) is 17.9. The van der Waals surface area contributed by atoms with E-state index in [1.54, 1.807) is 4.90 Å². The Labute approximate surface area is 110 Å². The van der Waals surface area contributed by atoms with E-state index < -0.39 is 23.1 Å². The lowest BCUT2D eigenvalue weighted by molar-refractivity contribution is -0.128. The molecule has 0 aromatic heterocycles. The fraction of sp³-hybridized carbons (Fsp3) is 0.462. The van der Waals surface area contributed by atoms with Crippen LogP contribution in [0.2, 0.25) is 0 Å². The Hall–Kier alpha value is -1.53. The fourth-order valence-corrected chi connectivity index (χ4v) is 2.11. The van der Waals surface area contributed by atoms with Gasteiger partial charge in [0.25, 0.3) is 0 Å². The van der Waals surface area contributed by atoms with Gasteiger partial charge in [0.05, 0.1) is 17.8 Å². The predicted molar refractivity (Wildman–Crippen MR) is 66.7 cm³/mol. The Kier molecular flexibility index (Phi) is 3.82. The zero-order valence-corrected chi connectivity index (χ0v) is 10.6. The maximum atomic E-state index is 13.3. The van der Waals surface area contributed by atoms with Gasteiger partial charge < -0.3 is 10.4 Å². The third-order valence-corrected chi connectivity index (χ3v) is 3.26. The van der Waals surface area contributed by atoms with E-state index in [0.717, 1.165) is 18.2 Å². The largest absolute Gasteiger partial charge is 0.387 e. The van der Waals surface area contributed by atoms with Gasteiger partial charge in [0, 0.05) is 19.2 Å². The first kappa shape index (κ1) is 13.9. The molecule has 0 spiro atoms. The van der Waals surface area contributed by atoms with Crippen molar-refractivity contribution in [2.45, 2.75) is 18.9 Å². The van der Waals surface area contributed by atoms with Crippen LogP contribution in [0.4, 0.5) is 14.5 Å². The fourth-order valence-electron chi connectivity index (χ4n) is 2.11. The minimum Gasteiger partial charge on any atom is -0.387 e. The monoisotopic (exact) mass is 270 g/mol. The average Bonchev–Trinajstić information content (AvgIpc) is 2.31. The van der Waals surface area contributed by atoms with Crippen molar-refractivity contribution in [3.8, 4) is 0 Å². The highest BCUT2D eigenvalue weighted by atomic mass is 19.1. The summed E-state index contributed by atoms with van der Waals surface area (Å²) in [6, 6.07) is 2.89. The molecular formula is C13H16F2N2O2. The second kappa shape index (κ2) is 5.22. The molecule has 1 fully saturated rings. The van der Waals surface area contributed by atoms with Gasteiger partial charge in [-0.2, -0.15) is 0 Å². The van der Waals surface area contributed by atoms with Crippen LogP contribution in [0.25, 0.3) is 0 Å². The van der Waals surface area contributed by atoms with Crippen molar-refractivity contribution in [1.29, 1.82) is 0 Å². The highest BCUT2D eigenvalue weighted by molar-refractivity contribution is 5.92. The summed E-state index contributed by atoms with van der Waals surface area (Å²) in [6.07, 6.45) is 0.629. The highest BCUT2D eigenvalue weighted by Gasteiger charge is 2.39. The number of aliphatic hydroxyl groups is 1. The van der Waals surface area contributed by atoms with Crippen LogP contribution in [0.5, 0.6) is 0 Å². The molecule has 0 aliphatic carbocycles. The molecule has 1 saturated heterocycles. The molecule has 2 rings (SSSR count). The number of rotatable bonds is 4. The number of halogens is 2. The standard InChI is InChI=1S/C13H16F2N2O2/c1-2-13(19)7-17(8-13)6-12(18)16-11-5-9(14)3-4-10(11)15/h3-5,19H,2,6-8H2,1H3,(H,16,18). The molecule has 1 aliphatic rings. The van der Waals surface area contributed by atoms with Crippen molar-refractivity contribution in [2.75, 3.05) is 25.0 Å². The van der Waals surface area contributed by atoms with E-state index in [1.807, 2.05) is 6.92 Å². The highest BCUT2D eigenvalue weighted by Crippen LogP contribution is 2.23. The van der Waals surface area contributed by atoms with Gasteiger partial charge in [0.15, 0.2) is 0 Å². The van der Waals surface area contributed by atoms with Crippen molar-refractivity contribution in [1.82, 2.24) is 4.90 Å². The Morgan fingerprint density at radius 1 is 1.47 bits per heavy atom. The van der Waals surface area contributed by atoms with Gasteiger partial charge in [-0.15, -0.1) is 0 Å². The molecule has 1 heterocycles. The summed E-state index contributed by atoms with van der Waals surface area (Å²) in [4.78, 5) is 13.4. The van der Waals surface area contributed by atoms with Gasteiger partial charge in [-0.05, 0) is 18.6 Å². The summed E-state index contributed by atoms with van der Waals surface area (Å²) in [6.45, 7) is 2.77. The van der Waals surface area contributed by atoms with Gasteiger partial charge in [0.2, 0.25) is 5.91 Å². The van der Waals surface area contributed by atoms with E-state index in [2.05, 4.69) is 5.32 Å². The van der Waals surface area contributed by atoms with Crippen LogP contribution in [0.3, 0.4) is 0 Å². The molecule has 0 saturated carbocycles. The Morgan fingerprint density at radius 2 is 2.16 bits per heavy atom. The Morgan fingerprint density at radius 3 is 2.79 bits per heavy atom. The van der Waals surface area contributed by atoms with Crippen LogP contribution in [0, 0.1) is 11.6 Å². The number of carbonyl (C=O) groups is 1. The summed E-state index contributed by atoms with van der Waals surface area (Å²) in [7, 11) is 0. The lowest BCUT2D eigenvalue weighted by Crippen LogP contribution is -2.62. The first-order valence-corrected chi connectivity index (χ1v) is 6.11. The maximum absolute atomic E-state index is 13.3. The SMILES string of the molecule is CCC1(O)CN(CC(=O)Nc2cc(F)ccc2F)C1. The van der Waals surface area contributed by atoms with Crippen LogP contribution in [0.1, 0.15) is 13.3 Å². The van der Waals surface area contributed by atoms with Crippen molar-refractivity contribution < 1.29 is 18.7 Å². The van der Waals surface area contributed by atoms with E-state index in [0.29, 0.717) is 19.5 Å². The number of likely N-dealkylation sites (tertiary alicyclic amines) is 1. The summed E-state index contributed by atoms with van der Waals surface area (Å²) in [5.74, 6) is -1.72. The molecule has 6 heteroatoms. The summed E-state index contributed by atoms with van der Waals surface area (Å²) in [5, 5.41) is 12.1. The van der Waals surface area contributed by atoms with E-state index >= 15 is 0 Å². The van der Waals surface area contributed by atoms with Gasteiger partial charge in [-0.1, -0.05) is 6.92 Å². The summed E-state index contributed by atoms with van der Waals surface area (Å²) in [5.41, 5.74) is -0.888. The molecule has 4 nitrogen and oxygen atoms in total. The van der Waals surface area contributed by atoms with Gasteiger partial charge in [0.1, 0.15) is 11.6 Å². The molecule has 1 amide bonds. The van der Waals surface area contributed by atoms with E-state index in [9.17, 15) is 18.7 Å². The van der Waals surface area contributed by atoms with Crippen LogP contribution in [-0.2, 0) is 4.79 Å². The molecule has 19 heavy (non-hydrogen) atoms. The smallest absolute Gasteiger partial charge is 0.238 e. The van der Waals surface area contributed by atoms with E-state index in [1.165, 1.54) is 0 Å². The number of carbonyl (C=O) groups excluding carboxylic acids is 1. The topological polar surface area (TPSA) is 52.6 Å². The number of hydrogen-bond donors (Lipinski definition) is 2. The van der Waals surface area contributed by atoms with Gasteiger partial charge in [-0.3, -0.25) is 9.69 Å². The molecule has 0 bridgehead atoms. The quantitative estimate of drug-likeness (QED) is 0.868. The maximum Gasteiger partial charge on any atom is 0.238 e. The third kappa shape index (κ3) is 3.27. The molecule has 0 atom stereocenters. The number of nitrogens with one attached hydrogen (secondary N) is 1. The molecular weight excluding hydrogens is 254 g/mol. The second-order valence-corrected chi connectivity index (χ2v) is 4.90. The first-order valence-electron chi connectivity index (χ1n) is 6.11. The first-order chi connectivity index (χ1) is 8.92. The Balaban J connectivity index is 1.87. The van der Waals surface area contributed by atoms with Crippen LogP contribution >= 0.6 is 0 Å². The van der Waals surface area contributed by atoms with E-state index in [4.69, 9.17) is 0 Å². The minimum atomic E-state index is -0.718. The second-order valence-electron chi connectivity index (χ2n) is 4.90. The number of amides is 1. The minimum absolute atomic E-state index is 0.0538. The van der Waals surface area contributed by atoms with E-state index in [-0.39, 0.29) is 12.2 Å². The van der Waals surface area contributed by atoms with Crippen molar-refractivity contribution >= 4 is 11.6 Å². The van der Waals surface area contributed by atoms with Crippen molar-refractivity contribution in [2.24, 2.45) is 0 Å². The molecule has 1 aromatic carbocycles. The molecule has 0 radical (unpaired) electrons. The third-order valence-electron chi connectivity index (χ3n) is 3.26. The number of β-amino-alcohol motifs (C(OH)–C–C–N with tert-alkyl or cyclic N) is 1. The zero-order chi connectivity index (χ0) is 14.0. The lowest BCUT2D eigenvalue weighted by atomic mass is 9.91. The van der Waals surface area contributed by atoms with Crippen LogP contribution in [-0.4, -0.2) is 41.1 Å². The molecule has 2 N–H and O–H groups in total. The number of benzene rings is 1. The van der Waals surface area contributed by atoms with Gasteiger partial charge in [-0.25, -0.2) is 8.78 Å². The molecule has 1 aliphatic heterocycles. The van der Waals surface area contributed by atoms with Crippen molar-refractivity contribution in [3.05, 3.63) is 29.8 Å². The number of hydrogen-bond acceptors (Lipinski definition) is 3. The Bertz CT molecular complexity index is 488. The number of nitrogens with zero attached hydrogens (tertiary/aromatic N) is 1. The van der Waals surface area contributed by atoms with Gasteiger partial charge >= 0.3 is 0 Å². The van der Waals surface area contributed by atoms with Crippen LogP contribution < -0.4 is 5.32 Å². The van der Waals surface area contributed by atoms with Crippen LogP contribution in [0.15, 0.2) is 18.2 Å². The molecule has 104 valence electrons. The van der Waals surface area contributed by atoms with Crippen molar-refractivity contribution in [3.63, 3.8) is 0 Å². The molecule has 1 aromatic rings. The zero-order valence-electron chi connectivity index (χ0n) is 10.6. The predicted octanol–water partition coefficient (Wildman–Crippen LogP) is 1.36.